The molecule has 0 spiro atoms. The molecule has 0 aliphatic heterocycles. The first-order valence-electron chi connectivity index (χ1n) is 6.17. The zero-order valence-electron chi connectivity index (χ0n) is 11.6. The normalized spacial score (nSPS) is 13.0. The van der Waals surface area contributed by atoms with E-state index in [1.54, 1.807) is 20.1 Å². The van der Waals surface area contributed by atoms with E-state index in [9.17, 15) is 13.2 Å². The van der Waals surface area contributed by atoms with Crippen LogP contribution in [-0.4, -0.2) is 34.1 Å². The fraction of sp³-hybridized carbons (Fsp3) is 0.462. The van der Waals surface area contributed by atoms with E-state index < -0.39 is 9.05 Å². The van der Waals surface area contributed by atoms with Crippen molar-refractivity contribution < 1.29 is 17.9 Å². The first-order chi connectivity index (χ1) is 9.29. The molecule has 20 heavy (non-hydrogen) atoms. The number of ether oxygens (including phenoxy) is 1. The summed E-state index contributed by atoms with van der Waals surface area (Å²) in [6.45, 7) is 4.06. The summed E-state index contributed by atoms with van der Waals surface area (Å²) in [5.41, 5.74) is 1.08. The van der Waals surface area contributed by atoms with Gasteiger partial charge in [0.25, 0.3) is 15.0 Å². The Morgan fingerprint density at radius 3 is 2.60 bits per heavy atom. The molecule has 1 aromatic carbocycles. The van der Waals surface area contributed by atoms with Gasteiger partial charge in [-0.15, -0.1) is 0 Å². The molecular formula is C13H18ClNO4S. The monoisotopic (exact) mass is 319 g/mol. The maximum absolute atomic E-state index is 12.2. The van der Waals surface area contributed by atoms with Crippen LogP contribution in [0.3, 0.4) is 0 Å². The Morgan fingerprint density at radius 2 is 2.10 bits per heavy atom. The van der Waals surface area contributed by atoms with Crippen LogP contribution in [-0.2, 0) is 20.2 Å². The van der Waals surface area contributed by atoms with Crippen LogP contribution in [0.25, 0.3) is 0 Å². The second kappa shape index (κ2) is 7.06. The van der Waals surface area contributed by atoms with E-state index in [4.69, 9.17) is 15.4 Å². The zero-order chi connectivity index (χ0) is 15.3. The molecule has 1 atom stereocenters. The van der Waals surface area contributed by atoms with E-state index in [0.717, 1.165) is 5.56 Å². The highest BCUT2D eigenvalue weighted by molar-refractivity contribution is 8.13. The summed E-state index contributed by atoms with van der Waals surface area (Å²) in [6.07, 6.45) is 0.615. The average molecular weight is 320 g/mol. The van der Waals surface area contributed by atoms with Crippen LogP contribution in [0.5, 0.6) is 0 Å². The minimum Gasteiger partial charge on any atom is -0.383 e. The molecule has 1 aromatic rings. The molecule has 1 amide bonds. The highest BCUT2D eigenvalue weighted by Crippen LogP contribution is 2.20. The van der Waals surface area contributed by atoms with Crippen LogP contribution < -0.4 is 5.32 Å². The Morgan fingerprint density at radius 1 is 1.45 bits per heavy atom. The lowest BCUT2D eigenvalue weighted by atomic mass is 10.0. The van der Waals surface area contributed by atoms with Crippen LogP contribution in [0.15, 0.2) is 23.1 Å². The minimum atomic E-state index is -3.85. The number of benzene rings is 1. The Labute approximate surface area is 123 Å². The fourth-order valence-electron chi connectivity index (χ4n) is 1.82. The van der Waals surface area contributed by atoms with Crippen molar-refractivity contribution >= 4 is 25.6 Å². The van der Waals surface area contributed by atoms with E-state index >= 15 is 0 Å². The summed E-state index contributed by atoms with van der Waals surface area (Å²) in [7, 11) is 2.99. The second-order valence-electron chi connectivity index (χ2n) is 4.44. The van der Waals surface area contributed by atoms with Gasteiger partial charge in [-0.3, -0.25) is 4.79 Å². The van der Waals surface area contributed by atoms with Crippen LogP contribution in [0.4, 0.5) is 0 Å². The average Bonchev–Trinajstić information content (AvgIpc) is 2.37. The van der Waals surface area contributed by atoms with Gasteiger partial charge in [0.2, 0.25) is 0 Å². The number of hydrogen-bond donors (Lipinski definition) is 1. The number of amides is 1. The van der Waals surface area contributed by atoms with E-state index in [-0.39, 0.29) is 16.8 Å². The summed E-state index contributed by atoms with van der Waals surface area (Å²) in [5.74, 6) is -0.339. The first kappa shape index (κ1) is 16.9. The lowest BCUT2D eigenvalue weighted by Crippen LogP contribution is -2.36. The summed E-state index contributed by atoms with van der Waals surface area (Å²) < 4.78 is 27.6. The number of nitrogens with one attached hydrogen (secondary N) is 1. The van der Waals surface area contributed by atoms with E-state index in [2.05, 4.69) is 5.32 Å². The number of halogens is 1. The Hall–Kier alpha value is -1.11. The SMILES string of the molecule is CCc1ccc(S(=O)(=O)Cl)cc1C(=O)NC(C)COC. The van der Waals surface area contributed by atoms with E-state index in [0.29, 0.717) is 18.6 Å². The molecule has 1 rings (SSSR count). The van der Waals surface area contributed by atoms with Crippen molar-refractivity contribution in [3.63, 3.8) is 0 Å². The summed E-state index contributed by atoms with van der Waals surface area (Å²) in [6, 6.07) is 4.13. The molecule has 1 N–H and O–H groups in total. The third kappa shape index (κ3) is 4.47. The number of methoxy groups -OCH3 is 1. The van der Waals surface area contributed by atoms with Gasteiger partial charge in [0, 0.05) is 29.4 Å². The molecule has 0 fully saturated rings. The number of rotatable bonds is 6. The number of hydrogen-bond acceptors (Lipinski definition) is 4. The van der Waals surface area contributed by atoms with Crippen molar-refractivity contribution in [2.45, 2.75) is 31.2 Å². The van der Waals surface area contributed by atoms with Crippen molar-refractivity contribution in [1.82, 2.24) is 5.32 Å². The van der Waals surface area contributed by atoms with Crippen molar-refractivity contribution in [3.8, 4) is 0 Å². The number of aryl methyl sites for hydroxylation is 1. The van der Waals surface area contributed by atoms with Crippen LogP contribution >= 0.6 is 10.7 Å². The van der Waals surface area contributed by atoms with Gasteiger partial charge in [0.05, 0.1) is 11.5 Å². The maximum Gasteiger partial charge on any atom is 0.261 e. The zero-order valence-corrected chi connectivity index (χ0v) is 13.2. The number of carbonyl (C=O) groups is 1. The molecule has 0 aliphatic rings. The third-order valence-corrected chi connectivity index (χ3v) is 4.13. The van der Waals surface area contributed by atoms with Gasteiger partial charge < -0.3 is 10.1 Å². The molecule has 112 valence electrons. The highest BCUT2D eigenvalue weighted by Gasteiger charge is 2.18. The molecule has 0 heterocycles. The van der Waals surface area contributed by atoms with Crippen LogP contribution in [0.1, 0.15) is 29.8 Å². The number of carbonyl (C=O) groups excluding carboxylic acids is 1. The van der Waals surface area contributed by atoms with Gasteiger partial charge >= 0.3 is 0 Å². The van der Waals surface area contributed by atoms with Crippen molar-refractivity contribution in [2.75, 3.05) is 13.7 Å². The van der Waals surface area contributed by atoms with Crippen molar-refractivity contribution in [1.29, 1.82) is 0 Å². The predicted molar refractivity (Wildman–Crippen MR) is 77.7 cm³/mol. The smallest absolute Gasteiger partial charge is 0.261 e. The molecule has 0 aromatic heterocycles. The minimum absolute atomic E-state index is 0.0825. The maximum atomic E-state index is 12.2. The quantitative estimate of drug-likeness (QED) is 0.813. The van der Waals surface area contributed by atoms with Gasteiger partial charge in [-0.05, 0) is 31.0 Å². The Balaban J connectivity index is 3.11. The molecule has 0 saturated carbocycles. The summed E-state index contributed by atoms with van der Waals surface area (Å²) >= 11 is 0. The van der Waals surface area contributed by atoms with Crippen LogP contribution in [0.2, 0.25) is 0 Å². The van der Waals surface area contributed by atoms with Gasteiger partial charge in [-0.1, -0.05) is 13.0 Å². The van der Waals surface area contributed by atoms with Gasteiger partial charge in [0.15, 0.2) is 0 Å². The lowest BCUT2D eigenvalue weighted by Gasteiger charge is -2.15. The third-order valence-electron chi connectivity index (χ3n) is 2.78. The van der Waals surface area contributed by atoms with Gasteiger partial charge in [0.1, 0.15) is 0 Å². The lowest BCUT2D eigenvalue weighted by molar-refractivity contribution is 0.0904. The van der Waals surface area contributed by atoms with Crippen molar-refractivity contribution in [2.24, 2.45) is 0 Å². The molecule has 1 unspecified atom stereocenters. The molecule has 0 saturated heterocycles. The molecule has 7 heteroatoms. The molecule has 5 nitrogen and oxygen atoms in total. The Bertz CT molecular complexity index is 586. The van der Waals surface area contributed by atoms with Gasteiger partial charge in [-0.2, -0.15) is 0 Å². The fourth-order valence-corrected chi connectivity index (χ4v) is 2.60. The largest absolute Gasteiger partial charge is 0.383 e. The summed E-state index contributed by atoms with van der Waals surface area (Å²) in [4.78, 5) is 12.1. The summed E-state index contributed by atoms with van der Waals surface area (Å²) in [5, 5.41) is 2.75. The van der Waals surface area contributed by atoms with Crippen molar-refractivity contribution in [3.05, 3.63) is 29.3 Å². The Kier molecular flexibility index (Phi) is 5.98. The second-order valence-corrected chi connectivity index (χ2v) is 7.01. The highest BCUT2D eigenvalue weighted by atomic mass is 35.7. The molecule has 0 bridgehead atoms. The standard InChI is InChI=1S/C13H18ClNO4S/c1-4-10-5-6-11(20(14,17)18)7-12(10)13(16)15-9(2)8-19-3/h5-7,9H,4,8H2,1-3H3,(H,15,16). The topological polar surface area (TPSA) is 72.5 Å². The van der Waals surface area contributed by atoms with E-state index in [1.165, 1.54) is 12.1 Å². The molecular weight excluding hydrogens is 302 g/mol. The van der Waals surface area contributed by atoms with E-state index in [1.807, 2.05) is 6.92 Å². The first-order valence-corrected chi connectivity index (χ1v) is 8.48. The molecule has 0 aliphatic carbocycles. The van der Waals surface area contributed by atoms with Crippen LogP contribution in [0, 0.1) is 0 Å². The van der Waals surface area contributed by atoms with Gasteiger partial charge in [-0.25, -0.2) is 8.42 Å². The molecule has 0 radical (unpaired) electrons. The predicted octanol–water partition coefficient (Wildman–Crippen LogP) is 1.94.